The van der Waals surface area contributed by atoms with Gasteiger partial charge >= 0.3 is 6.18 Å². The third kappa shape index (κ3) is 4.58. The Morgan fingerprint density at radius 3 is 2.55 bits per heavy atom. The zero-order chi connectivity index (χ0) is 31.7. The molecule has 7 rings (SSSR count). The van der Waals surface area contributed by atoms with Crippen molar-refractivity contribution in [1.82, 2.24) is 39.3 Å². The number of aromatic nitrogens is 8. The van der Waals surface area contributed by atoms with Crippen LogP contribution >= 0.6 is 0 Å². The molecule has 216 valence electrons. The van der Waals surface area contributed by atoms with E-state index in [0.29, 0.717) is 41.3 Å². The number of alkyl halides is 3. The van der Waals surface area contributed by atoms with Gasteiger partial charge in [0.05, 0.1) is 40.2 Å². The van der Waals surface area contributed by atoms with E-state index in [1.165, 1.54) is 10.9 Å². The molecular formula is C30H29F3N8O. The predicted molar refractivity (Wildman–Crippen MR) is 149 cm³/mol. The summed E-state index contributed by atoms with van der Waals surface area (Å²) >= 11 is 0. The zero-order valence-corrected chi connectivity index (χ0v) is 23.0. The van der Waals surface area contributed by atoms with Gasteiger partial charge in [0.15, 0.2) is 17.2 Å². The molecular weight excluding hydrogens is 545 g/mol. The van der Waals surface area contributed by atoms with E-state index >= 15 is 0 Å². The van der Waals surface area contributed by atoms with Crippen molar-refractivity contribution >= 4 is 11.0 Å². The molecule has 9 nitrogen and oxygen atoms in total. The van der Waals surface area contributed by atoms with Gasteiger partial charge in [-0.2, -0.15) is 18.3 Å². The molecule has 0 amide bonds. The van der Waals surface area contributed by atoms with E-state index in [2.05, 4.69) is 15.0 Å². The van der Waals surface area contributed by atoms with Gasteiger partial charge in [0.1, 0.15) is 17.7 Å². The van der Waals surface area contributed by atoms with Gasteiger partial charge in [0.2, 0.25) is 5.88 Å². The van der Waals surface area contributed by atoms with Crippen molar-refractivity contribution in [1.29, 1.82) is 0 Å². The Labute approximate surface area is 244 Å². The molecule has 0 atom stereocenters. The Morgan fingerprint density at radius 1 is 1.05 bits per heavy atom. The van der Waals surface area contributed by atoms with E-state index in [4.69, 9.17) is 23.9 Å². The Morgan fingerprint density at radius 2 is 1.83 bits per heavy atom. The fraction of sp³-hybridized carbons (Fsp3) is 0.400. The number of imidazole rings is 1. The first-order chi connectivity index (χ1) is 21.4. The monoisotopic (exact) mass is 577 g/mol. The second-order valence-electron chi connectivity index (χ2n) is 11.1. The third-order valence-corrected chi connectivity index (χ3v) is 7.82. The van der Waals surface area contributed by atoms with Crippen molar-refractivity contribution in [3.05, 3.63) is 65.1 Å². The third-order valence-electron chi connectivity index (χ3n) is 7.82. The highest BCUT2D eigenvalue weighted by Gasteiger charge is 2.35. The number of rotatable bonds is 7. The number of ether oxygens (including phenoxy) is 1. The first-order valence-electron chi connectivity index (χ1n) is 15.4. The van der Waals surface area contributed by atoms with Gasteiger partial charge in [-0.25, -0.2) is 29.6 Å². The maximum atomic E-state index is 13.4. The Balaban J connectivity index is 1.28. The quantitative estimate of drug-likeness (QED) is 0.228. The molecule has 2 aliphatic carbocycles. The molecule has 5 aromatic rings. The fourth-order valence-corrected chi connectivity index (χ4v) is 5.63. The molecule has 4 aromatic heterocycles. The lowest BCUT2D eigenvalue weighted by atomic mass is 10.0. The second kappa shape index (κ2) is 9.88. The highest BCUT2D eigenvalue weighted by atomic mass is 19.4. The van der Waals surface area contributed by atoms with E-state index in [1.807, 2.05) is 26.0 Å². The first kappa shape index (κ1) is 23.2. The summed E-state index contributed by atoms with van der Waals surface area (Å²) < 4.78 is 71.9. The normalized spacial score (nSPS) is 16.5. The van der Waals surface area contributed by atoms with E-state index in [9.17, 15) is 13.2 Å². The number of hydrogen-bond acceptors (Lipinski definition) is 7. The van der Waals surface area contributed by atoms with Crippen LogP contribution in [0.1, 0.15) is 77.5 Å². The molecule has 1 saturated carbocycles. The molecule has 0 radical (unpaired) electrons. The molecule has 0 aliphatic heterocycles. The van der Waals surface area contributed by atoms with Crippen LogP contribution in [0.5, 0.6) is 5.88 Å². The van der Waals surface area contributed by atoms with E-state index in [-0.39, 0.29) is 23.7 Å². The van der Waals surface area contributed by atoms with Gasteiger partial charge in [-0.1, -0.05) is 24.3 Å². The van der Waals surface area contributed by atoms with Crippen LogP contribution in [0.3, 0.4) is 0 Å². The predicted octanol–water partition coefficient (Wildman–Crippen LogP) is 6.17. The largest absolute Gasteiger partial charge is 0.480 e. The van der Waals surface area contributed by atoms with Crippen LogP contribution in [0, 0.1) is 0 Å². The SMILES string of the molecule is [2H]C([2H])([2H])Oc1ncnc(C2CC2)c1-c1nc2c3c(nn(Cc4ccc(-c5nc(C(F)(F)F)cn5C(C)C)cc4)c3n1)CCC2. The number of methoxy groups -OCH3 is 1. The average molecular weight is 578 g/mol. The topological polar surface area (TPSA) is 96.4 Å². The first-order valence-corrected chi connectivity index (χ1v) is 13.9. The summed E-state index contributed by atoms with van der Waals surface area (Å²) in [5.74, 6) is 0.611. The molecule has 2 aliphatic rings. The number of hydrogen-bond donors (Lipinski definition) is 0. The minimum atomic E-state index is -4.54. The Kier molecular flexibility index (Phi) is 5.47. The summed E-state index contributed by atoms with van der Waals surface area (Å²) in [4.78, 5) is 22.3. The summed E-state index contributed by atoms with van der Waals surface area (Å²) in [6.45, 7) is 3.97. The summed E-state index contributed by atoms with van der Waals surface area (Å²) in [5.41, 5.74) is 3.87. The highest BCUT2D eigenvalue weighted by molar-refractivity contribution is 5.84. The van der Waals surface area contributed by atoms with E-state index < -0.39 is 18.9 Å². The zero-order valence-electron chi connectivity index (χ0n) is 26.0. The minimum Gasteiger partial charge on any atom is -0.480 e. The number of nitrogens with zero attached hydrogens (tertiary/aromatic N) is 8. The lowest BCUT2D eigenvalue weighted by Crippen LogP contribution is -2.08. The van der Waals surface area contributed by atoms with E-state index in [0.717, 1.165) is 54.2 Å². The molecule has 0 bridgehead atoms. The molecule has 42 heavy (non-hydrogen) atoms. The summed E-state index contributed by atoms with van der Waals surface area (Å²) in [6.07, 6.45) is 1.98. The molecule has 1 aromatic carbocycles. The molecule has 0 spiro atoms. The van der Waals surface area contributed by atoms with Gasteiger partial charge in [0, 0.05) is 23.7 Å². The molecule has 12 heteroatoms. The van der Waals surface area contributed by atoms with Gasteiger partial charge in [-0.3, -0.25) is 0 Å². The summed E-state index contributed by atoms with van der Waals surface area (Å²) in [6, 6.07) is 6.99. The van der Waals surface area contributed by atoms with Crippen LogP contribution in [0.25, 0.3) is 33.8 Å². The lowest BCUT2D eigenvalue weighted by molar-refractivity contribution is -0.140. The Bertz CT molecular complexity index is 1910. The van der Waals surface area contributed by atoms with Crippen molar-refractivity contribution in [3.63, 3.8) is 0 Å². The average Bonchev–Trinajstić information content (AvgIpc) is 3.61. The molecule has 0 saturated heterocycles. The van der Waals surface area contributed by atoms with Crippen molar-refractivity contribution in [2.24, 2.45) is 0 Å². The van der Waals surface area contributed by atoms with E-state index in [1.54, 1.807) is 16.8 Å². The van der Waals surface area contributed by atoms with Crippen molar-refractivity contribution in [3.8, 4) is 28.7 Å². The Hall–Kier alpha value is -4.35. The van der Waals surface area contributed by atoms with Crippen molar-refractivity contribution < 1.29 is 22.0 Å². The van der Waals surface area contributed by atoms with Gasteiger partial charge in [0.25, 0.3) is 0 Å². The minimum absolute atomic E-state index is 0.0791. The van der Waals surface area contributed by atoms with Crippen molar-refractivity contribution in [2.75, 3.05) is 7.04 Å². The second-order valence-corrected chi connectivity index (χ2v) is 11.1. The molecule has 0 unspecified atom stereocenters. The maximum absolute atomic E-state index is 13.4. The van der Waals surface area contributed by atoms with Gasteiger partial charge in [-0.15, -0.1) is 0 Å². The highest BCUT2D eigenvalue weighted by Crippen LogP contribution is 2.45. The van der Waals surface area contributed by atoms with Crippen LogP contribution in [0.15, 0.2) is 36.8 Å². The van der Waals surface area contributed by atoms with Gasteiger partial charge < -0.3 is 9.30 Å². The fourth-order valence-electron chi connectivity index (χ4n) is 5.63. The number of benzene rings is 1. The molecule has 0 N–H and O–H groups in total. The van der Waals surface area contributed by atoms with Crippen molar-refractivity contribution in [2.45, 2.75) is 70.6 Å². The van der Waals surface area contributed by atoms with Crippen LogP contribution in [0.2, 0.25) is 0 Å². The smallest absolute Gasteiger partial charge is 0.434 e. The van der Waals surface area contributed by atoms with Crippen LogP contribution < -0.4 is 4.74 Å². The van der Waals surface area contributed by atoms with Crippen LogP contribution in [-0.4, -0.2) is 46.3 Å². The summed E-state index contributed by atoms with van der Waals surface area (Å²) in [7, 11) is -2.72. The standard InChI is InChI=1S/C30H29F3N8O/c1-16(2)40-14-22(30(31,32)33)37-27(40)19-9-7-17(8-10-19)13-41-28-23-20(5-4-6-21(23)39-41)36-26(38-28)24-25(18-11-12-18)34-15-35-29(24)42-3/h7-10,14-16,18H,4-6,11-13H2,1-3H3/i3D3. The number of aryl methyl sites for hydroxylation is 2. The van der Waals surface area contributed by atoms with Gasteiger partial charge in [-0.05, 0) is 51.5 Å². The number of halogens is 3. The summed E-state index contributed by atoms with van der Waals surface area (Å²) in [5, 5.41) is 5.75. The van der Waals surface area contributed by atoms with Crippen LogP contribution in [-0.2, 0) is 25.6 Å². The lowest BCUT2D eigenvalue weighted by Gasteiger charge is -2.14. The van der Waals surface area contributed by atoms with Crippen LogP contribution in [0.4, 0.5) is 13.2 Å². The molecule has 4 heterocycles. The maximum Gasteiger partial charge on any atom is 0.434 e. The molecule has 1 fully saturated rings.